The van der Waals surface area contributed by atoms with E-state index in [9.17, 15) is 20.0 Å². The zero-order valence-corrected chi connectivity index (χ0v) is 16.3. The molecule has 0 aliphatic carbocycles. The first kappa shape index (κ1) is 20.2. The van der Waals surface area contributed by atoms with Crippen LogP contribution in [0.3, 0.4) is 0 Å². The molecule has 0 radical (unpaired) electrons. The molecule has 1 saturated heterocycles. The number of aromatic nitrogens is 3. The predicted molar refractivity (Wildman–Crippen MR) is 102 cm³/mol. The van der Waals surface area contributed by atoms with Crippen LogP contribution < -0.4 is 10.3 Å². The number of aliphatic hydroxyl groups excluding tert-OH is 2. The first-order valence-electron chi connectivity index (χ1n) is 8.83. The van der Waals surface area contributed by atoms with Crippen LogP contribution in [0.2, 0.25) is 0 Å². The molecule has 1 aromatic carbocycles. The summed E-state index contributed by atoms with van der Waals surface area (Å²) >= 11 is 0. The van der Waals surface area contributed by atoms with E-state index in [0.29, 0.717) is 11.3 Å². The average Bonchev–Trinajstić information content (AvgIpc) is 3.29. The molecule has 0 amide bonds. The second-order valence-electron chi connectivity index (χ2n) is 6.52. The molecule has 12 heteroatoms. The van der Waals surface area contributed by atoms with Crippen LogP contribution in [0.15, 0.2) is 48.8 Å². The SMILES string of the molecule is N#CC1(c2ccc3c(N)ncnn23)OC(CO[P+](=O)Oc2ccccc2)C(O)C1O. The van der Waals surface area contributed by atoms with Crippen LogP contribution in [-0.2, 0) is 19.4 Å². The number of nitriles is 1. The third-order valence-corrected chi connectivity index (χ3v) is 5.47. The fourth-order valence-corrected chi connectivity index (χ4v) is 3.89. The standard InChI is InChI=1S/C18H17N5O6P/c19-9-18(14-7-6-12-17(20)21-10-22-23(12)14)16(25)15(24)13(28-18)8-27-30(26)29-11-4-2-1-3-5-11/h1-7,10,13,15-16,24-25H,8H2,(H2,20,21,22)/q+1. The van der Waals surface area contributed by atoms with Crippen molar-refractivity contribution in [2.24, 2.45) is 0 Å². The maximum Gasteiger partial charge on any atom is 0.750 e. The molecular weight excluding hydrogens is 413 g/mol. The highest BCUT2D eigenvalue weighted by Gasteiger charge is 2.58. The molecule has 3 heterocycles. The first-order valence-corrected chi connectivity index (χ1v) is 9.93. The lowest BCUT2D eigenvalue weighted by Crippen LogP contribution is -2.41. The molecule has 5 unspecified atom stereocenters. The summed E-state index contributed by atoms with van der Waals surface area (Å²) in [4.78, 5) is 3.87. The number of nitrogen functional groups attached to an aromatic ring is 1. The van der Waals surface area contributed by atoms with E-state index in [-0.39, 0.29) is 18.1 Å². The first-order chi connectivity index (χ1) is 14.5. The molecule has 0 bridgehead atoms. The Balaban J connectivity index is 1.53. The van der Waals surface area contributed by atoms with Gasteiger partial charge in [-0.25, -0.2) is 14.0 Å². The second-order valence-corrected chi connectivity index (χ2v) is 7.41. The fourth-order valence-electron chi connectivity index (χ4n) is 3.28. The number of para-hydroxylation sites is 1. The van der Waals surface area contributed by atoms with Crippen LogP contribution in [0.25, 0.3) is 5.52 Å². The lowest BCUT2D eigenvalue weighted by Gasteiger charge is -2.24. The normalized spacial score (nSPS) is 26.4. The highest BCUT2D eigenvalue weighted by molar-refractivity contribution is 7.33. The van der Waals surface area contributed by atoms with Gasteiger partial charge < -0.3 is 20.7 Å². The molecule has 154 valence electrons. The lowest BCUT2D eigenvalue weighted by molar-refractivity contribution is -0.0612. The zero-order chi connectivity index (χ0) is 21.3. The molecule has 4 rings (SSSR count). The van der Waals surface area contributed by atoms with Crippen molar-refractivity contribution < 1.29 is 28.6 Å². The van der Waals surface area contributed by atoms with Crippen LogP contribution >= 0.6 is 8.25 Å². The van der Waals surface area contributed by atoms with E-state index < -0.39 is 32.2 Å². The number of fused-ring (bicyclic) bond motifs is 1. The van der Waals surface area contributed by atoms with Crippen molar-refractivity contribution in [3.63, 3.8) is 0 Å². The Morgan fingerprint density at radius 1 is 1.30 bits per heavy atom. The monoisotopic (exact) mass is 430 g/mol. The number of nitrogens with two attached hydrogens (primary N) is 1. The smallest absolute Gasteiger partial charge is 0.387 e. The van der Waals surface area contributed by atoms with E-state index in [1.165, 1.54) is 16.9 Å². The summed E-state index contributed by atoms with van der Waals surface area (Å²) in [5.41, 5.74) is 4.43. The van der Waals surface area contributed by atoms with Crippen molar-refractivity contribution in [3.05, 3.63) is 54.5 Å². The third-order valence-electron chi connectivity index (χ3n) is 4.75. The van der Waals surface area contributed by atoms with Crippen molar-refractivity contribution in [1.29, 1.82) is 5.26 Å². The summed E-state index contributed by atoms with van der Waals surface area (Å²) in [6, 6.07) is 13.4. The van der Waals surface area contributed by atoms with Crippen LogP contribution in [0.1, 0.15) is 5.69 Å². The Morgan fingerprint density at radius 2 is 2.07 bits per heavy atom. The summed E-state index contributed by atoms with van der Waals surface area (Å²) in [5.74, 6) is 0.516. The van der Waals surface area contributed by atoms with Gasteiger partial charge >= 0.3 is 8.25 Å². The molecule has 5 atom stereocenters. The van der Waals surface area contributed by atoms with Gasteiger partial charge in [-0.2, -0.15) is 10.4 Å². The molecule has 1 aliphatic rings. The number of nitrogens with zero attached hydrogens (tertiary/aromatic N) is 4. The van der Waals surface area contributed by atoms with E-state index in [1.54, 1.807) is 36.4 Å². The highest BCUT2D eigenvalue weighted by Crippen LogP contribution is 2.41. The van der Waals surface area contributed by atoms with E-state index in [1.807, 2.05) is 6.07 Å². The Labute approximate surface area is 171 Å². The van der Waals surface area contributed by atoms with Crippen molar-refractivity contribution in [2.45, 2.75) is 23.9 Å². The fraction of sp³-hybridized carbons (Fsp3) is 0.278. The van der Waals surface area contributed by atoms with E-state index in [2.05, 4.69) is 10.1 Å². The Hall–Kier alpha value is -3.13. The number of hydrogen-bond donors (Lipinski definition) is 3. The molecule has 2 aromatic heterocycles. The number of rotatable bonds is 6. The molecule has 1 aliphatic heterocycles. The van der Waals surface area contributed by atoms with Gasteiger partial charge in [0, 0.05) is 4.57 Å². The summed E-state index contributed by atoms with van der Waals surface area (Å²) in [5, 5.41) is 35.0. The van der Waals surface area contributed by atoms with Crippen LogP contribution in [0.5, 0.6) is 5.75 Å². The molecule has 0 saturated carbocycles. The van der Waals surface area contributed by atoms with Gasteiger partial charge in [0.25, 0.3) is 0 Å². The van der Waals surface area contributed by atoms with Gasteiger partial charge in [-0.3, -0.25) is 0 Å². The van der Waals surface area contributed by atoms with Crippen LogP contribution in [0, 0.1) is 11.3 Å². The van der Waals surface area contributed by atoms with Gasteiger partial charge in [0.1, 0.15) is 42.8 Å². The van der Waals surface area contributed by atoms with Crippen molar-refractivity contribution in [1.82, 2.24) is 14.6 Å². The van der Waals surface area contributed by atoms with Gasteiger partial charge in [-0.15, -0.1) is 4.52 Å². The molecule has 0 spiro atoms. The minimum atomic E-state index is -2.57. The summed E-state index contributed by atoms with van der Waals surface area (Å²) in [6.07, 6.45) is -3.07. The highest BCUT2D eigenvalue weighted by atomic mass is 31.1. The van der Waals surface area contributed by atoms with Gasteiger partial charge in [-0.1, -0.05) is 18.2 Å². The summed E-state index contributed by atoms with van der Waals surface area (Å²) in [7, 11) is -2.57. The zero-order valence-electron chi connectivity index (χ0n) is 15.4. The minimum absolute atomic E-state index is 0.160. The van der Waals surface area contributed by atoms with Crippen molar-refractivity contribution >= 4 is 19.6 Å². The van der Waals surface area contributed by atoms with Crippen LogP contribution in [0.4, 0.5) is 5.82 Å². The maximum atomic E-state index is 12.0. The predicted octanol–water partition coefficient (Wildman–Crippen LogP) is 0.904. The number of hydrogen-bond acceptors (Lipinski definition) is 10. The molecule has 4 N–H and O–H groups in total. The summed E-state index contributed by atoms with van der Waals surface area (Å²) < 4.78 is 29.4. The summed E-state index contributed by atoms with van der Waals surface area (Å²) in [6.45, 7) is -0.385. The van der Waals surface area contributed by atoms with Crippen molar-refractivity contribution in [3.8, 4) is 11.8 Å². The second kappa shape index (κ2) is 7.95. The molecule has 1 fully saturated rings. The van der Waals surface area contributed by atoms with Gasteiger partial charge in [0.05, 0.1) is 5.69 Å². The van der Waals surface area contributed by atoms with Crippen molar-refractivity contribution in [2.75, 3.05) is 12.3 Å². The quantitative estimate of drug-likeness (QED) is 0.478. The average molecular weight is 430 g/mol. The van der Waals surface area contributed by atoms with Gasteiger partial charge in [0.2, 0.25) is 5.60 Å². The van der Waals surface area contributed by atoms with E-state index >= 15 is 0 Å². The maximum absolute atomic E-state index is 12.0. The van der Waals surface area contributed by atoms with E-state index in [4.69, 9.17) is 19.5 Å². The Bertz CT molecular complexity index is 1120. The van der Waals surface area contributed by atoms with Gasteiger partial charge in [-0.05, 0) is 24.3 Å². The third kappa shape index (κ3) is 3.37. The van der Waals surface area contributed by atoms with E-state index in [0.717, 1.165) is 0 Å². The lowest BCUT2D eigenvalue weighted by atomic mass is 9.92. The molecule has 3 aromatic rings. The number of anilines is 1. The molecular formula is C18H17N5O6P+. The molecule has 30 heavy (non-hydrogen) atoms. The molecule has 11 nitrogen and oxygen atoms in total. The van der Waals surface area contributed by atoms with Crippen LogP contribution in [-0.4, -0.2) is 49.7 Å². The minimum Gasteiger partial charge on any atom is -0.387 e. The number of benzene rings is 1. The largest absolute Gasteiger partial charge is 0.750 e. The van der Waals surface area contributed by atoms with Gasteiger partial charge in [0.15, 0.2) is 11.6 Å². The topological polar surface area (TPSA) is 165 Å². The Morgan fingerprint density at radius 3 is 2.80 bits per heavy atom. The number of ether oxygens (including phenoxy) is 1. The Kier molecular flexibility index (Phi) is 5.34. The number of aliphatic hydroxyl groups is 2.